The van der Waals surface area contributed by atoms with Gasteiger partial charge < -0.3 is 20.1 Å². The minimum absolute atomic E-state index is 0.738. The van der Waals surface area contributed by atoms with Crippen molar-refractivity contribution in [2.45, 2.75) is 25.8 Å². The zero-order valence-electron chi connectivity index (χ0n) is 13.6. The van der Waals surface area contributed by atoms with E-state index >= 15 is 0 Å². The molecule has 0 atom stereocenters. The van der Waals surface area contributed by atoms with Gasteiger partial charge in [0.2, 0.25) is 0 Å². The maximum Gasteiger partial charge on any atom is 0.191 e. The molecule has 5 heteroatoms. The lowest BCUT2D eigenvalue weighted by molar-refractivity contribution is 0.123. The minimum Gasteiger partial charge on any atom is -0.497 e. The Kier molecular flexibility index (Phi) is 7.03. The molecule has 0 spiro atoms. The van der Waals surface area contributed by atoms with Crippen LogP contribution in [0.25, 0.3) is 0 Å². The summed E-state index contributed by atoms with van der Waals surface area (Å²) in [6.07, 6.45) is 3.69. The Morgan fingerprint density at radius 3 is 2.64 bits per heavy atom. The molecule has 2 rings (SSSR count). The highest BCUT2D eigenvalue weighted by Crippen LogP contribution is 2.28. The van der Waals surface area contributed by atoms with Crippen molar-refractivity contribution < 1.29 is 9.47 Å². The zero-order chi connectivity index (χ0) is 15.6. The predicted octanol–water partition coefficient (Wildman–Crippen LogP) is 2.18. The summed E-state index contributed by atoms with van der Waals surface area (Å²) < 4.78 is 10.8. The molecule has 1 aromatic rings. The molecule has 0 unspecified atom stereocenters. The van der Waals surface area contributed by atoms with E-state index in [1.165, 1.54) is 18.4 Å². The van der Waals surface area contributed by atoms with E-state index in [0.717, 1.165) is 50.4 Å². The van der Waals surface area contributed by atoms with Gasteiger partial charge in [0.25, 0.3) is 0 Å². The van der Waals surface area contributed by atoms with E-state index in [1.54, 1.807) is 14.2 Å². The monoisotopic (exact) mass is 305 g/mol. The molecule has 1 aliphatic carbocycles. The quantitative estimate of drug-likeness (QED) is 0.417. The van der Waals surface area contributed by atoms with Gasteiger partial charge in [0.05, 0.1) is 7.11 Å². The molecule has 22 heavy (non-hydrogen) atoms. The molecule has 1 aliphatic rings. The van der Waals surface area contributed by atoms with Gasteiger partial charge in [-0.2, -0.15) is 0 Å². The fourth-order valence-electron chi connectivity index (χ4n) is 2.07. The minimum atomic E-state index is 0.738. The summed E-state index contributed by atoms with van der Waals surface area (Å²) in [6, 6.07) is 8.02. The lowest BCUT2D eigenvalue weighted by Gasteiger charge is -2.12. The molecule has 122 valence electrons. The van der Waals surface area contributed by atoms with Crippen LogP contribution in [0.1, 0.15) is 24.8 Å². The fourth-order valence-corrected chi connectivity index (χ4v) is 2.07. The molecule has 2 N–H and O–H groups in total. The smallest absolute Gasteiger partial charge is 0.191 e. The number of aliphatic imine (C=N–C) groups is 1. The first-order valence-electron chi connectivity index (χ1n) is 7.97. The third-order valence-corrected chi connectivity index (χ3v) is 3.65. The first-order chi connectivity index (χ1) is 10.8. The van der Waals surface area contributed by atoms with Crippen LogP contribution in [-0.2, 0) is 11.3 Å². The van der Waals surface area contributed by atoms with Crippen molar-refractivity contribution in [3.8, 4) is 5.75 Å². The number of guanidine groups is 1. The Labute approximate surface area is 133 Å². The highest BCUT2D eigenvalue weighted by Gasteiger charge is 2.20. The summed E-state index contributed by atoms with van der Waals surface area (Å²) in [5, 5.41) is 6.60. The second-order valence-corrected chi connectivity index (χ2v) is 5.57. The van der Waals surface area contributed by atoms with Gasteiger partial charge >= 0.3 is 0 Å². The van der Waals surface area contributed by atoms with Crippen molar-refractivity contribution in [1.82, 2.24) is 10.6 Å². The van der Waals surface area contributed by atoms with Crippen molar-refractivity contribution in [2.75, 3.05) is 33.9 Å². The molecule has 0 saturated heterocycles. The molecule has 0 aromatic heterocycles. The number of benzene rings is 1. The van der Waals surface area contributed by atoms with Crippen LogP contribution >= 0.6 is 0 Å². The second-order valence-electron chi connectivity index (χ2n) is 5.57. The topological polar surface area (TPSA) is 54.9 Å². The third-order valence-electron chi connectivity index (χ3n) is 3.65. The van der Waals surface area contributed by atoms with Crippen LogP contribution in [0, 0.1) is 5.92 Å². The second kappa shape index (κ2) is 9.30. The highest BCUT2D eigenvalue weighted by molar-refractivity contribution is 5.79. The summed E-state index contributed by atoms with van der Waals surface area (Å²) in [5.41, 5.74) is 1.19. The number of rotatable bonds is 9. The third kappa shape index (κ3) is 6.35. The van der Waals surface area contributed by atoms with E-state index in [9.17, 15) is 0 Å². The van der Waals surface area contributed by atoms with Gasteiger partial charge in [-0.25, -0.2) is 0 Å². The zero-order valence-corrected chi connectivity index (χ0v) is 13.6. The van der Waals surface area contributed by atoms with E-state index < -0.39 is 0 Å². The molecule has 5 nitrogen and oxygen atoms in total. The SMILES string of the molecule is CN=C(NCCCOCC1CC1)NCc1ccc(OC)cc1. The standard InChI is InChI=1S/C17H27N3O2/c1-18-17(19-10-3-11-22-13-15-4-5-15)20-12-14-6-8-16(21-2)9-7-14/h6-9,15H,3-5,10-13H2,1-2H3,(H2,18,19,20). The van der Waals surface area contributed by atoms with Crippen LogP contribution in [0.3, 0.4) is 0 Å². The first-order valence-corrected chi connectivity index (χ1v) is 7.97. The summed E-state index contributed by atoms with van der Waals surface area (Å²) in [7, 11) is 3.46. The number of nitrogens with one attached hydrogen (secondary N) is 2. The van der Waals surface area contributed by atoms with E-state index in [-0.39, 0.29) is 0 Å². The van der Waals surface area contributed by atoms with Crippen LogP contribution < -0.4 is 15.4 Å². The Bertz CT molecular complexity index is 455. The first kappa shape index (κ1) is 16.6. The van der Waals surface area contributed by atoms with Gasteiger partial charge in [-0.15, -0.1) is 0 Å². The van der Waals surface area contributed by atoms with Crippen molar-refractivity contribution in [3.63, 3.8) is 0 Å². The normalized spacial score (nSPS) is 14.7. The Morgan fingerprint density at radius 1 is 1.23 bits per heavy atom. The molecular weight excluding hydrogens is 278 g/mol. The fraction of sp³-hybridized carbons (Fsp3) is 0.588. The van der Waals surface area contributed by atoms with E-state index in [2.05, 4.69) is 15.6 Å². The molecular formula is C17H27N3O2. The van der Waals surface area contributed by atoms with Crippen molar-refractivity contribution >= 4 is 5.96 Å². The van der Waals surface area contributed by atoms with Crippen LogP contribution in [0.5, 0.6) is 5.75 Å². The molecule has 0 heterocycles. The molecule has 0 amide bonds. The van der Waals surface area contributed by atoms with Gasteiger partial charge in [0, 0.05) is 33.4 Å². The molecule has 1 fully saturated rings. The lowest BCUT2D eigenvalue weighted by atomic mass is 10.2. The number of hydrogen-bond acceptors (Lipinski definition) is 3. The van der Waals surface area contributed by atoms with Gasteiger partial charge in [-0.05, 0) is 42.9 Å². The maximum absolute atomic E-state index is 5.61. The molecule has 0 bridgehead atoms. The van der Waals surface area contributed by atoms with Crippen LogP contribution in [0.15, 0.2) is 29.3 Å². The number of hydrogen-bond donors (Lipinski definition) is 2. The summed E-state index contributed by atoms with van der Waals surface area (Å²) >= 11 is 0. The Morgan fingerprint density at radius 2 is 2.00 bits per heavy atom. The van der Waals surface area contributed by atoms with Crippen LogP contribution in [0.4, 0.5) is 0 Å². The van der Waals surface area contributed by atoms with Crippen LogP contribution in [-0.4, -0.2) is 39.9 Å². The number of ether oxygens (including phenoxy) is 2. The maximum atomic E-state index is 5.61. The van der Waals surface area contributed by atoms with Crippen molar-refractivity contribution in [2.24, 2.45) is 10.9 Å². The largest absolute Gasteiger partial charge is 0.497 e. The molecule has 0 aliphatic heterocycles. The van der Waals surface area contributed by atoms with Crippen LogP contribution in [0.2, 0.25) is 0 Å². The molecule has 1 saturated carbocycles. The van der Waals surface area contributed by atoms with Gasteiger partial charge in [-0.1, -0.05) is 12.1 Å². The Hall–Kier alpha value is -1.75. The molecule has 1 aromatic carbocycles. The lowest BCUT2D eigenvalue weighted by Crippen LogP contribution is -2.37. The van der Waals surface area contributed by atoms with E-state index in [1.807, 2.05) is 24.3 Å². The number of methoxy groups -OCH3 is 1. The van der Waals surface area contributed by atoms with Crippen molar-refractivity contribution in [3.05, 3.63) is 29.8 Å². The number of nitrogens with zero attached hydrogens (tertiary/aromatic N) is 1. The van der Waals surface area contributed by atoms with E-state index in [0.29, 0.717) is 0 Å². The predicted molar refractivity (Wildman–Crippen MR) is 89.4 cm³/mol. The summed E-state index contributed by atoms with van der Waals surface area (Å²) in [6.45, 7) is 3.36. The van der Waals surface area contributed by atoms with Gasteiger partial charge in [-0.3, -0.25) is 4.99 Å². The molecule has 0 radical (unpaired) electrons. The van der Waals surface area contributed by atoms with E-state index in [4.69, 9.17) is 9.47 Å². The van der Waals surface area contributed by atoms with Gasteiger partial charge in [0.1, 0.15) is 5.75 Å². The Balaban J connectivity index is 1.57. The summed E-state index contributed by atoms with van der Waals surface area (Å²) in [4.78, 5) is 4.22. The summed E-state index contributed by atoms with van der Waals surface area (Å²) in [5.74, 6) is 2.53. The van der Waals surface area contributed by atoms with Gasteiger partial charge in [0.15, 0.2) is 5.96 Å². The van der Waals surface area contributed by atoms with Crippen molar-refractivity contribution in [1.29, 1.82) is 0 Å². The highest BCUT2D eigenvalue weighted by atomic mass is 16.5. The average Bonchev–Trinajstić information content (AvgIpc) is 3.38. The average molecular weight is 305 g/mol.